The lowest BCUT2D eigenvalue weighted by molar-refractivity contribution is -0.171. The number of amides is 1. The van der Waals surface area contributed by atoms with Crippen LogP contribution in [-0.2, 0) is 19.1 Å². The van der Waals surface area contributed by atoms with E-state index in [-0.39, 0.29) is 29.5 Å². The second-order valence-corrected chi connectivity index (χ2v) is 6.25. The zero-order chi connectivity index (χ0) is 23.9. The fourth-order valence-corrected chi connectivity index (χ4v) is 2.31. The van der Waals surface area contributed by atoms with E-state index >= 15 is 0 Å². The number of anilines is 1. The van der Waals surface area contributed by atoms with Crippen LogP contribution in [0.1, 0.15) is 18.9 Å². The lowest BCUT2D eigenvalue weighted by atomic mass is 10.2. The van der Waals surface area contributed by atoms with Crippen LogP contribution in [0.5, 0.6) is 17.4 Å². The summed E-state index contributed by atoms with van der Waals surface area (Å²) in [7, 11) is 0. The van der Waals surface area contributed by atoms with Gasteiger partial charge in [0.2, 0.25) is 11.7 Å². The number of hydrogen-bond donors (Lipinski definition) is 1. The highest BCUT2D eigenvalue weighted by Crippen LogP contribution is 2.34. The zero-order valence-electron chi connectivity index (χ0n) is 16.9. The maximum absolute atomic E-state index is 14.2. The first-order chi connectivity index (χ1) is 15.0. The first-order valence-corrected chi connectivity index (χ1v) is 9.12. The molecule has 12 heteroatoms. The maximum atomic E-state index is 14.2. The monoisotopic (exact) mass is 458 g/mol. The van der Waals surface area contributed by atoms with Crippen LogP contribution in [0.2, 0.25) is 0 Å². The molecule has 1 heterocycles. The van der Waals surface area contributed by atoms with Gasteiger partial charge in [0.25, 0.3) is 5.88 Å². The van der Waals surface area contributed by atoms with E-state index in [0.29, 0.717) is 0 Å². The number of carbonyl (C=O) groups excluding carboxylic acids is 3. The fourth-order valence-electron chi connectivity index (χ4n) is 2.31. The van der Waals surface area contributed by atoms with Crippen molar-refractivity contribution in [2.24, 2.45) is 0 Å². The van der Waals surface area contributed by atoms with E-state index in [1.54, 1.807) is 6.92 Å². The van der Waals surface area contributed by atoms with Crippen molar-refractivity contribution in [2.45, 2.75) is 26.4 Å². The van der Waals surface area contributed by atoms with Crippen molar-refractivity contribution in [3.05, 3.63) is 41.8 Å². The van der Waals surface area contributed by atoms with Gasteiger partial charge in [0, 0.05) is 12.3 Å². The van der Waals surface area contributed by atoms with Gasteiger partial charge in [0.15, 0.2) is 12.4 Å². The minimum Gasteiger partial charge on any atom is -0.463 e. The number of esters is 1. The number of pyridine rings is 1. The SMILES string of the molecule is CCOC(=O)COc1ncccc1Oc1cc(NC(=O)CC(=O)C(F)(F)F)c(F)cc1C. The van der Waals surface area contributed by atoms with E-state index in [1.165, 1.54) is 25.3 Å². The smallest absolute Gasteiger partial charge is 0.450 e. The van der Waals surface area contributed by atoms with Crippen LogP contribution in [0.4, 0.5) is 23.2 Å². The molecule has 0 fully saturated rings. The van der Waals surface area contributed by atoms with Crippen molar-refractivity contribution >= 4 is 23.3 Å². The number of alkyl halides is 3. The van der Waals surface area contributed by atoms with Crippen LogP contribution in [0.3, 0.4) is 0 Å². The molecule has 1 amide bonds. The predicted molar refractivity (Wildman–Crippen MR) is 102 cm³/mol. The van der Waals surface area contributed by atoms with Crippen LogP contribution in [0, 0.1) is 12.7 Å². The predicted octanol–water partition coefficient (Wildman–Crippen LogP) is 3.72. The van der Waals surface area contributed by atoms with Crippen molar-refractivity contribution in [2.75, 3.05) is 18.5 Å². The van der Waals surface area contributed by atoms with Gasteiger partial charge >= 0.3 is 12.1 Å². The van der Waals surface area contributed by atoms with Gasteiger partial charge in [0.1, 0.15) is 11.6 Å². The molecule has 0 saturated carbocycles. The summed E-state index contributed by atoms with van der Waals surface area (Å²) in [5, 5.41) is 1.91. The minimum atomic E-state index is -5.18. The minimum absolute atomic E-state index is 0.0119. The van der Waals surface area contributed by atoms with Crippen molar-refractivity contribution < 1.29 is 46.2 Å². The number of carbonyl (C=O) groups is 3. The Kier molecular flexibility index (Phi) is 8.10. The maximum Gasteiger partial charge on any atom is 0.450 e. The average Bonchev–Trinajstić information content (AvgIpc) is 2.70. The highest BCUT2D eigenvalue weighted by Gasteiger charge is 2.39. The number of ether oxygens (including phenoxy) is 3. The third kappa shape index (κ3) is 6.93. The molecule has 32 heavy (non-hydrogen) atoms. The molecule has 1 aromatic heterocycles. The quantitative estimate of drug-likeness (QED) is 0.347. The van der Waals surface area contributed by atoms with Gasteiger partial charge in [-0.1, -0.05) is 0 Å². The molecule has 0 aliphatic heterocycles. The Morgan fingerprint density at radius 2 is 1.88 bits per heavy atom. The van der Waals surface area contributed by atoms with E-state index in [0.717, 1.165) is 12.1 Å². The van der Waals surface area contributed by atoms with Crippen molar-refractivity contribution in [3.63, 3.8) is 0 Å². The summed E-state index contributed by atoms with van der Waals surface area (Å²) in [5.74, 6) is -5.23. The summed E-state index contributed by atoms with van der Waals surface area (Å²) in [6, 6.07) is 4.95. The number of nitrogens with one attached hydrogen (secondary N) is 1. The molecule has 2 aromatic rings. The molecule has 0 spiro atoms. The summed E-state index contributed by atoms with van der Waals surface area (Å²) in [4.78, 5) is 38.1. The zero-order valence-corrected chi connectivity index (χ0v) is 16.9. The molecular formula is C20H18F4N2O6. The number of nitrogens with zero attached hydrogens (tertiary/aromatic N) is 1. The molecule has 8 nitrogen and oxygen atoms in total. The van der Waals surface area contributed by atoms with Gasteiger partial charge in [-0.05, 0) is 37.6 Å². The second kappa shape index (κ2) is 10.6. The Hall–Kier alpha value is -3.70. The second-order valence-electron chi connectivity index (χ2n) is 6.25. The summed E-state index contributed by atoms with van der Waals surface area (Å²) in [6.45, 7) is 2.82. The molecule has 0 unspecified atom stereocenters. The van der Waals surface area contributed by atoms with Crippen LogP contribution in [-0.4, -0.2) is 42.0 Å². The molecule has 0 radical (unpaired) electrons. The molecule has 0 aliphatic carbocycles. The van der Waals surface area contributed by atoms with E-state index in [2.05, 4.69) is 4.98 Å². The van der Waals surface area contributed by atoms with E-state index in [9.17, 15) is 31.9 Å². The number of ketones is 1. The topological polar surface area (TPSA) is 104 Å². The molecule has 0 saturated heterocycles. The van der Waals surface area contributed by atoms with Crippen LogP contribution < -0.4 is 14.8 Å². The lowest BCUT2D eigenvalue weighted by Crippen LogP contribution is -2.28. The van der Waals surface area contributed by atoms with Crippen molar-refractivity contribution in [3.8, 4) is 17.4 Å². The molecule has 0 aliphatic rings. The normalized spacial score (nSPS) is 10.9. The summed E-state index contributed by atoms with van der Waals surface area (Å²) in [6.07, 6.45) is -5.31. The van der Waals surface area contributed by atoms with E-state index < -0.39 is 48.4 Å². The summed E-state index contributed by atoms with van der Waals surface area (Å²) >= 11 is 0. The molecule has 172 valence electrons. The van der Waals surface area contributed by atoms with Crippen LogP contribution in [0.25, 0.3) is 0 Å². The Bertz CT molecular complexity index is 1010. The number of halogens is 4. The molecule has 0 bridgehead atoms. The Morgan fingerprint density at radius 3 is 2.53 bits per heavy atom. The van der Waals surface area contributed by atoms with E-state index in [1.807, 2.05) is 5.32 Å². The Labute approximate surface area is 179 Å². The standard InChI is InChI=1S/C20H18F4N2O6/c1-3-30-18(29)10-31-19-14(5-4-6-25-19)32-15-8-13(12(21)7-11(15)2)26-17(28)9-16(27)20(22,23)24/h4-8H,3,9-10H2,1-2H3,(H,26,28). The van der Waals surface area contributed by atoms with Gasteiger partial charge in [-0.2, -0.15) is 13.2 Å². The lowest BCUT2D eigenvalue weighted by Gasteiger charge is -2.14. The van der Waals surface area contributed by atoms with Gasteiger partial charge in [-0.25, -0.2) is 14.2 Å². The molecule has 0 atom stereocenters. The fraction of sp³-hybridized carbons (Fsp3) is 0.300. The summed E-state index contributed by atoms with van der Waals surface area (Å²) in [5.41, 5.74) is -0.226. The number of Topliss-reactive ketones (excluding diaryl/α,β-unsaturated/α-hetero) is 1. The molecule has 2 rings (SSSR count). The molecule has 1 N–H and O–H groups in total. The Morgan fingerprint density at radius 1 is 1.16 bits per heavy atom. The van der Waals surface area contributed by atoms with Crippen molar-refractivity contribution in [1.82, 2.24) is 4.98 Å². The van der Waals surface area contributed by atoms with Crippen LogP contribution in [0.15, 0.2) is 30.5 Å². The summed E-state index contributed by atoms with van der Waals surface area (Å²) < 4.78 is 66.8. The largest absolute Gasteiger partial charge is 0.463 e. The number of aromatic nitrogens is 1. The Balaban J connectivity index is 2.19. The van der Waals surface area contributed by atoms with Crippen LogP contribution >= 0.6 is 0 Å². The van der Waals surface area contributed by atoms with E-state index in [4.69, 9.17) is 14.2 Å². The highest BCUT2D eigenvalue weighted by molar-refractivity contribution is 6.06. The average molecular weight is 458 g/mol. The van der Waals surface area contributed by atoms with Gasteiger partial charge in [-0.15, -0.1) is 0 Å². The van der Waals surface area contributed by atoms with Gasteiger partial charge in [0.05, 0.1) is 18.7 Å². The number of hydrogen-bond acceptors (Lipinski definition) is 7. The number of aryl methyl sites for hydroxylation is 1. The number of benzene rings is 1. The highest BCUT2D eigenvalue weighted by atomic mass is 19.4. The molecule has 1 aromatic carbocycles. The van der Waals surface area contributed by atoms with Crippen molar-refractivity contribution in [1.29, 1.82) is 0 Å². The first kappa shape index (κ1) is 24.6. The molecular weight excluding hydrogens is 440 g/mol. The third-order valence-corrected chi connectivity index (χ3v) is 3.76. The van der Waals surface area contributed by atoms with Gasteiger partial charge < -0.3 is 19.5 Å². The van der Waals surface area contributed by atoms with Gasteiger partial charge in [-0.3, -0.25) is 9.59 Å². The number of rotatable bonds is 9. The third-order valence-electron chi connectivity index (χ3n) is 3.76. The first-order valence-electron chi connectivity index (χ1n) is 9.12.